The first-order valence-electron chi connectivity index (χ1n) is 6.15. The number of carbonyl (C=O) groups excluding carboxylic acids is 1. The average molecular weight is 286 g/mol. The summed E-state index contributed by atoms with van der Waals surface area (Å²) in [5.74, 6) is 0.380. The molecule has 0 saturated heterocycles. The molecule has 1 atom stereocenters. The SMILES string of the molecule is CC(Oc1ccc(Cl)cc1)C(=O)NCC(C)(C)CO. The molecule has 1 aromatic carbocycles. The summed E-state index contributed by atoms with van der Waals surface area (Å²) in [5.41, 5.74) is -0.338. The minimum absolute atomic E-state index is 0.0136. The van der Waals surface area contributed by atoms with Gasteiger partial charge in [-0.25, -0.2) is 0 Å². The van der Waals surface area contributed by atoms with Crippen LogP contribution in [0.3, 0.4) is 0 Å². The zero-order valence-electron chi connectivity index (χ0n) is 11.4. The Morgan fingerprint density at radius 1 is 1.42 bits per heavy atom. The molecule has 2 N–H and O–H groups in total. The molecule has 0 radical (unpaired) electrons. The average Bonchev–Trinajstić information content (AvgIpc) is 2.38. The zero-order valence-corrected chi connectivity index (χ0v) is 12.2. The number of aliphatic hydroxyl groups is 1. The Morgan fingerprint density at radius 2 is 2.00 bits per heavy atom. The van der Waals surface area contributed by atoms with Crippen molar-refractivity contribution in [1.29, 1.82) is 0 Å². The quantitative estimate of drug-likeness (QED) is 0.843. The maximum absolute atomic E-state index is 11.8. The summed E-state index contributed by atoms with van der Waals surface area (Å²) in [6.45, 7) is 5.84. The Labute approximate surface area is 118 Å². The van der Waals surface area contributed by atoms with Gasteiger partial charge in [0.15, 0.2) is 6.10 Å². The van der Waals surface area contributed by atoms with Crippen molar-refractivity contribution in [3.8, 4) is 5.75 Å². The molecule has 5 heteroatoms. The maximum atomic E-state index is 11.8. The lowest BCUT2D eigenvalue weighted by molar-refractivity contribution is -0.127. The van der Waals surface area contributed by atoms with E-state index in [0.29, 0.717) is 17.3 Å². The summed E-state index contributed by atoms with van der Waals surface area (Å²) in [5, 5.41) is 12.5. The third kappa shape index (κ3) is 5.49. The number of ether oxygens (including phenoxy) is 1. The number of amides is 1. The van der Waals surface area contributed by atoms with Crippen molar-refractivity contribution in [3.05, 3.63) is 29.3 Å². The number of hydrogen-bond donors (Lipinski definition) is 2. The van der Waals surface area contributed by atoms with Crippen LogP contribution in [0.25, 0.3) is 0 Å². The van der Waals surface area contributed by atoms with E-state index in [4.69, 9.17) is 21.4 Å². The van der Waals surface area contributed by atoms with E-state index in [1.54, 1.807) is 31.2 Å². The highest BCUT2D eigenvalue weighted by atomic mass is 35.5. The van der Waals surface area contributed by atoms with Crippen LogP contribution in [0, 0.1) is 5.41 Å². The highest BCUT2D eigenvalue weighted by molar-refractivity contribution is 6.30. The lowest BCUT2D eigenvalue weighted by Crippen LogP contribution is -2.42. The fourth-order valence-corrected chi connectivity index (χ4v) is 1.42. The molecule has 0 aliphatic heterocycles. The van der Waals surface area contributed by atoms with E-state index in [-0.39, 0.29) is 17.9 Å². The smallest absolute Gasteiger partial charge is 0.260 e. The molecule has 1 aromatic rings. The van der Waals surface area contributed by atoms with E-state index in [1.165, 1.54) is 0 Å². The van der Waals surface area contributed by atoms with Crippen molar-refractivity contribution in [2.75, 3.05) is 13.2 Å². The van der Waals surface area contributed by atoms with Crippen LogP contribution < -0.4 is 10.1 Å². The fourth-order valence-electron chi connectivity index (χ4n) is 1.30. The molecule has 0 aromatic heterocycles. The van der Waals surface area contributed by atoms with Gasteiger partial charge in [-0.3, -0.25) is 4.79 Å². The molecule has 1 unspecified atom stereocenters. The van der Waals surface area contributed by atoms with Gasteiger partial charge in [0, 0.05) is 23.6 Å². The van der Waals surface area contributed by atoms with Gasteiger partial charge in [-0.05, 0) is 31.2 Å². The van der Waals surface area contributed by atoms with E-state index in [9.17, 15) is 4.79 Å². The van der Waals surface area contributed by atoms with Crippen LogP contribution in [0.5, 0.6) is 5.75 Å². The van der Waals surface area contributed by atoms with E-state index >= 15 is 0 Å². The second-order valence-electron chi connectivity index (χ2n) is 5.25. The summed E-state index contributed by atoms with van der Waals surface area (Å²) in [6.07, 6.45) is -0.601. The fraction of sp³-hybridized carbons (Fsp3) is 0.500. The van der Waals surface area contributed by atoms with Crippen molar-refractivity contribution < 1.29 is 14.6 Å². The Kier molecular flexibility index (Phi) is 5.63. The Hall–Kier alpha value is -1.26. The van der Waals surface area contributed by atoms with Crippen molar-refractivity contribution in [3.63, 3.8) is 0 Å². The predicted octanol–water partition coefficient (Wildman–Crippen LogP) is 2.24. The van der Waals surface area contributed by atoms with Gasteiger partial charge >= 0.3 is 0 Å². The number of carbonyl (C=O) groups is 1. The number of halogens is 1. The predicted molar refractivity (Wildman–Crippen MR) is 75.4 cm³/mol. The third-order valence-electron chi connectivity index (χ3n) is 2.66. The van der Waals surface area contributed by atoms with Crippen LogP contribution in [-0.2, 0) is 4.79 Å². The molecule has 1 amide bonds. The lowest BCUT2D eigenvalue weighted by Gasteiger charge is -2.23. The van der Waals surface area contributed by atoms with Crippen molar-refractivity contribution >= 4 is 17.5 Å². The van der Waals surface area contributed by atoms with Gasteiger partial charge in [-0.1, -0.05) is 25.4 Å². The van der Waals surface area contributed by atoms with Crippen LogP contribution in [-0.4, -0.2) is 30.3 Å². The summed E-state index contributed by atoms with van der Waals surface area (Å²) in [7, 11) is 0. The molecule has 0 heterocycles. The van der Waals surface area contributed by atoms with Crippen molar-refractivity contribution in [1.82, 2.24) is 5.32 Å². The summed E-state index contributed by atoms with van der Waals surface area (Å²) in [4.78, 5) is 11.8. The first kappa shape index (κ1) is 15.8. The van der Waals surface area contributed by atoms with Crippen LogP contribution >= 0.6 is 11.6 Å². The van der Waals surface area contributed by atoms with E-state index < -0.39 is 6.10 Å². The largest absolute Gasteiger partial charge is 0.481 e. The van der Waals surface area contributed by atoms with Crippen LogP contribution in [0.2, 0.25) is 5.02 Å². The molecule has 0 spiro atoms. The monoisotopic (exact) mass is 285 g/mol. The van der Waals surface area contributed by atoms with E-state index in [1.807, 2.05) is 13.8 Å². The van der Waals surface area contributed by atoms with Gasteiger partial charge in [0.25, 0.3) is 5.91 Å². The van der Waals surface area contributed by atoms with Crippen LogP contribution in [0.1, 0.15) is 20.8 Å². The summed E-state index contributed by atoms with van der Waals surface area (Å²) < 4.78 is 5.50. The molecule has 0 saturated carbocycles. The van der Waals surface area contributed by atoms with Gasteiger partial charge in [0.1, 0.15) is 5.75 Å². The number of benzene rings is 1. The van der Waals surface area contributed by atoms with E-state index in [0.717, 1.165) is 0 Å². The van der Waals surface area contributed by atoms with E-state index in [2.05, 4.69) is 5.32 Å². The van der Waals surface area contributed by atoms with Gasteiger partial charge in [0.2, 0.25) is 0 Å². The Balaban J connectivity index is 2.47. The number of rotatable bonds is 6. The Morgan fingerprint density at radius 3 is 2.53 bits per heavy atom. The maximum Gasteiger partial charge on any atom is 0.260 e. The molecule has 106 valence electrons. The van der Waals surface area contributed by atoms with Gasteiger partial charge in [0.05, 0.1) is 0 Å². The highest BCUT2D eigenvalue weighted by Gasteiger charge is 2.20. The lowest BCUT2D eigenvalue weighted by atomic mass is 9.95. The molecule has 4 nitrogen and oxygen atoms in total. The second kappa shape index (κ2) is 6.78. The third-order valence-corrected chi connectivity index (χ3v) is 2.92. The first-order valence-corrected chi connectivity index (χ1v) is 6.53. The molecule has 0 fully saturated rings. The molecular formula is C14H20ClNO3. The number of aliphatic hydroxyl groups excluding tert-OH is 1. The Bertz CT molecular complexity index is 417. The highest BCUT2D eigenvalue weighted by Crippen LogP contribution is 2.17. The van der Waals surface area contributed by atoms with Crippen LogP contribution in [0.15, 0.2) is 24.3 Å². The molecule has 0 aliphatic carbocycles. The topological polar surface area (TPSA) is 58.6 Å². The van der Waals surface area contributed by atoms with Crippen molar-refractivity contribution in [2.24, 2.45) is 5.41 Å². The van der Waals surface area contributed by atoms with Gasteiger partial charge in [-0.2, -0.15) is 0 Å². The molecular weight excluding hydrogens is 266 g/mol. The minimum atomic E-state index is -0.601. The summed E-state index contributed by atoms with van der Waals surface area (Å²) in [6, 6.07) is 6.83. The minimum Gasteiger partial charge on any atom is -0.481 e. The standard InChI is InChI=1S/C14H20ClNO3/c1-10(13(18)16-8-14(2,3)9-17)19-12-6-4-11(15)5-7-12/h4-7,10,17H,8-9H2,1-3H3,(H,16,18). The molecule has 0 aliphatic rings. The number of hydrogen-bond acceptors (Lipinski definition) is 3. The molecule has 19 heavy (non-hydrogen) atoms. The molecule has 1 rings (SSSR count). The summed E-state index contributed by atoms with van der Waals surface area (Å²) >= 11 is 5.77. The number of nitrogens with one attached hydrogen (secondary N) is 1. The second-order valence-corrected chi connectivity index (χ2v) is 5.69. The van der Waals surface area contributed by atoms with Crippen LogP contribution in [0.4, 0.5) is 0 Å². The zero-order chi connectivity index (χ0) is 14.5. The molecule has 0 bridgehead atoms. The van der Waals surface area contributed by atoms with Gasteiger partial charge < -0.3 is 15.2 Å². The van der Waals surface area contributed by atoms with Gasteiger partial charge in [-0.15, -0.1) is 0 Å². The first-order chi connectivity index (χ1) is 8.84. The van der Waals surface area contributed by atoms with Crippen molar-refractivity contribution in [2.45, 2.75) is 26.9 Å². The normalized spacial score (nSPS) is 12.9.